The molecule has 0 aliphatic carbocycles. The summed E-state index contributed by atoms with van der Waals surface area (Å²) in [7, 11) is -1.88. The van der Waals surface area contributed by atoms with Crippen LogP contribution in [0.25, 0.3) is 0 Å². The van der Waals surface area contributed by atoms with Crippen LogP contribution in [-0.4, -0.2) is 11.9 Å². The number of carbonyl (C=O) groups excluding carboxylic acids is 1. The van der Waals surface area contributed by atoms with Crippen molar-refractivity contribution in [3.05, 3.63) is 64.2 Å². The van der Waals surface area contributed by atoms with Gasteiger partial charge in [-0.05, 0) is 74.6 Å². The van der Waals surface area contributed by atoms with Crippen molar-refractivity contribution in [3.63, 3.8) is 0 Å². The highest BCUT2D eigenvalue weighted by Gasteiger charge is 2.24. The first kappa shape index (κ1) is 17.5. The molecule has 0 radical (unpaired) electrons. The van der Waals surface area contributed by atoms with E-state index in [2.05, 4.69) is 0 Å². The van der Waals surface area contributed by atoms with E-state index in [9.17, 15) is 9.36 Å². The topological polar surface area (TPSA) is 43.4 Å². The highest BCUT2D eigenvalue weighted by Crippen LogP contribution is 2.25. The highest BCUT2D eigenvalue weighted by atomic mass is 31.1. The summed E-state index contributed by atoms with van der Waals surface area (Å²) in [4.78, 5) is 12.8. The van der Waals surface area contributed by atoms with E-state index in [-0.39, 0.29) is 11.9 Å². The van der Waals surface area contributed by atoms with Crippen LogP contribution in [0.5, 0.6) is 0 Å². The second-order valence-electron chi connectivity index (χ2n) is 6.06. The van der Waals surface area contributed by atoms with Crippen LogP contribution in [0, 0.1) is 20.8 Å². The average Bonchev–Trinajstić information content (AvgIpc) is 2.45. The third-order valence-electron chi connectivity index (χ3n) is 3.55. The number of hydrogen-bond acceptors (Lipinski definition) is 3. The van der Waals surface area contributed by atoms with Crippen LogP contribution >= 0.6 is 8.03 Å². The van der Waals surface area contributed by atoms with Crippen LogP contribution in [0.15, 0.2) is 36.4 Å². The molecule has 0 aliphatic heterocycles. The number of rotatable bonds is 5. The summed E-state index contributed by atoms with van der Waals surface area (Å²) in [5.74, 6) is -0.00782. The Hall–Kier alpha value is -1.83. The lowest BCUT2D eigenvalue weighted by atomic mass is 9.93. The molecule has 0 saturated carbocycles. The highest BCUT2D eigenvalue weighted by molar-refractivity contribution is 7.48. The lowest BCUT2D eigenvalue weighted by Gasteiger charge is -2.10. The SMILES string of the molecule is Cc1cc(C)c(C(=O)c2ccc([P+](=O)OC(C)C)cc2)c(C)c1. The van der Waals surface area contributed by atoms with Crippen LogP contribution in [0.1, 0.15) is 46.5 Å². The Kier molecular flexibility index (Phi) is 5.46. The Bertz CT molecular complexity index is 723. The summed E-state index contributed by atoms with van der Waals surface area (Å²) in [6.07, 6.45) is -0.0993. The van der Waals surface area contributed by atoms with Crippen LogP contribution in [-0.2, 0) is 9.09 Å². The molecule has 0 aliphatic rings. The number of carbonyl (C=O) groups is 1. The zero-order valence-corrected chi connectivity index (χ0v) is 15.1. The van der Waals surface area contributed by atoms with Gasteiger partial charge in [-0.3, -0.25) is 4.79 Å². The molecule has 0 aromatic heterocycles. The number of aryl methyl sites for hydroxylation is 3. The monoisotopic (exact) mass is 329 g/mol. The molecule has 2 aromatic carbocycles. The molecular weight excluding hydrogens is 307 g/mol. The third-order valence-corrected chi connectivity index (χ3v) is 4.88. The fourth-order valence-electron chi connectivity index (χ4n) is 2.67. The molecule has 23 heavy (non-hydrogen) atoms. The minimum atomic E-state index is -1.88. The summed E-state index contributed by atoms with van der Waals surface area (Å²) in [6, 6.07) is 10.9. The van der Waals surface area contributed by atoms with Gasteiger partial charge in [-0.15, -0.1) is 4.52 Å². The van der Waals surface area contributed by atoms with Crippen molar-refractivity contribution in [1.29, 1.82) is 0 Å². The molecule has 0 amide bonds. The minimum absolute atomic E-state index is 0.00782. The number of benzene rings is 2. The summed E-state index contributed by atoms with van der Waals surface area (Å²) in [5, 5.41) is 0.600. The van der Waals surface area contributed by atoms with Gasteiger partial charge in [0.15, 0.2) is 5.78 Å². The quantitative estimate of drug-likeness (QED) is 0.593. The Morgan fingerprint density at radius 2 is 1.52 bits per heavy atom. The Morgan fingerprint density at radius 1 is 1.00 bits per heavy atom. The van der Waals surface area contributed by atoms with Gasteiger partial charge in [0.1, 0.15) is 6.10 Å². The fraction of sp³-hybridized carbons (Fsp3) is 0.316. The molecule has 2 rings (SSSR count). The van der Waals surface area contributed by atoms with Gasteiger partial charge >= 0.3 is 8.03 Å². The van der Waals surface area contributed by atoms with Gasteiger partial charge < -0.3 is 0 Å². The van der Waals surface area contributed by atoms with Crippen molar-refractivity contribution in [2.75, 3.05) is 0 Å². The summed E-state index contributed by atoms with van der Waals surface area (Å²) in [5.41, 5.74) is 4.44. The van der Waals surface area contributed by atoms with Crippen molar-refractivity contribution in [2.24, 2.45) is 0 Å². The molecule has 0 saturated heterocycles. The predicted octanol–water partition coefficient (Wildman–Crippen LogP) is 4.64. The smallest absolute Gasteiger partial charge is 0.289 e. The second kappa shape index (κ2) is 7.16. The first-order valence-electron chi connectivity index (χ1n) is 7.66. The third kappa shape index (κ3) is 4.13. The van der Waals surface area contributed by atoms with Gasteiger partial charge in [0.25, 0.3) is 0 Å². The fourth-order valence-corrected chi connectivity index (χ4v) is 3.57. The standard InChI is InChI=1S/C19H22O3P/c1-12(2)22-23(21)17-8-6-16(7-9-17)19(20)18-14(4)10-13(3)11-15(18)5/h6-12H,1-5H3/q+1. The van der Waals surface area contributed by atoms with E-state index in [1.165, 1.54) is 0 Å². The van der Waals surface area contributed by atoms with Crippen LogP contribution < -0.4 is 5.30 Å². The van der Waals surface area contributed by atoms with Gasteiger partial charge in [0, 0.05) is 11.1 Å². The van der Waals surface area contributed by atoms with Crippen LogP contribution in [0.3, 0.4) is 0 Å². The molecule has 0 N–H and O–H groups in total. The Morgan fingerprint density at radius 3 is 2.00 bits per heavy atom. The summed E-state index contributed by atoms with van der Waals surface area (Å²) in [6.45, 7) is 9.61. The van der Waals surface area contributed by atoms with E-state index >= 15 is 0 Å². The van der Waals surface area contributed by atoms with E-state index in [1.807, 2.05) is 46.8 Å². The summed E-state index contributed by atoms with van der Waals surface area (Å²) >= 11 is 0. The van der Waals surface area contributed by atoms with Gasteiger partial charge in [0.05, 0.1) is 0 Å². The Balaban J connectivity index is 2.30. The minimum Gasteiger partial charge on any atom is -0.289 e. The lowest BCUT2D eigenvalue weighted by Crippen LogP contribution is -2.09. The van der Waals surface area contributed by atoms with E-state index in [0.29, 0.717) is 10.9 Å². The molecule has 0 heterocycles. The van der Waals surface area contributed by atoms with E-state index in [0.717, 1.165) is 22.3 Å². The number of hydrogen-bond donors (Lipinski definition) is 0. The van der Waals surface area contributed by atoms with E-state index < -0.39 is 8.03 Å². The summed E-state index contributed by atoms with van der Waals surface area (Å²) < 4.78 is 17.3. The van der Waals surface area contributed by atoms with Gasteiger partial charge in [-0.25, -0.2) is 0 Å². The maximum atomic E-state index is 12.8. The van der Waals surface area contributed by atoms with Crippen LogP contribution in [0.2, 0.25) is 0 Å². The number of ketones is 1. The van der Waals surface area contributed by atoms with Crippen molar-refractivity contribution in [2.45, 2.75) is 40.7 Å². The maximum Gasteiger partial charge on any atom is 0.548 e. The van der Waals surface area contributed by atoms with Crippen molar-refractivity contribution >= 4 is 19.1 Å². The molecule has 0 spiro atoms. The molecule has 1 atom stereocenters. The molecule has 3 nitrogen and oxygen atoms in total. The average molecular weight is 329 g/mol. The largest absolute Gasteiger partial charge is 0.548 e. The van der Waals surface area contributed by atoms with Gasteiger partial charge in [-0.2, -0.15) is 0 Å². The molecule has 120 valence electrons. The van der Waals surface area contributed by atoms with Crippen molar-refractivity contribution < 1.29 is 13.9 Å². The first-order valence-corrected chi connectivity index (χ1v) is 8.84. The van der Waals surface area contributed by atoms with E-state index in [4.69, 9.17) is 4.52 Å². The molecule has 2 aromatic rings. The zero-order chi connectivity index (χ0) is 17.1. The molecule has 4 heteroatoms. The maximum absolute atomic E-state index is 12.8. The molecule has 0 fully saturated rings. The molecule has 0 bridgehead atoms. The van der Waals surface area contributed by atoms with Crippen molar-refractivity contribution in [3.8, 4) is 0 Å². The predicted molar refractivity (Wildman–Crippen MR) is 94.0 cm³/mol. The second-order valence-corrected chi connectivity index (χ2v) is 7.30. The lowest BCUT2D eigenvalue weighted by molar-refractivity contribution is 0.103. The first-order chi connectivity index (χ1) is 10.8. The van der Waals surface area contributed by atoms with Crippen LogP contribution in [0.4, 0.5) is 0 Å². The van der Waals surface area contributed by atoms with Crippen molar-refractivity contribution in [1.82, 2.24) is 0 Å². The molecule has 1 unspecified atom stereocenters. The zero-order valence-electron chi connectivity index (χ0n) is 14.2. The van der Waals surface area contributed by atoms with Gasteiger partial charge in [0.2, 0.25) is 5.30 Å². The van der Waals surface area contributed by atoms with Gasteiger partial charge in [-0.1, -0.05) is 17.7 Å². The normalized spacial score (nSPS) is 11.7. The Labute approximate surface area is 138 Å². The molecular formula is C19H22O3P+. The van der Waals surface area contributed by atoms with E-state index in [1.54, 1.807) is 24.3 Å².